The van der Waals surface area contributed by atoms with Crippen LogP contribution in [0.5, 0.6) is 0 Å². The SMILES string of the molecule is Cc1cccc(-c2ccc(C(=O)NCc3nc(C)cs3)c(=O)[nH]2)c1. The molecule has 0 spiro atoms. The van der Waals surface area contributed by atoms with E-state index in [2.05, 4.69) is 15.3 Å². The van der Waals surface area contributed by atoms with Gasteiger partial charge in [0, 0.05) is 16.8 Å². The summed E-state index contributed by atoms with van der Waals surface area (Å²) in [7, 11) is 0. The molecule has 6 heteroatoms. The zero-order chi connectivity index (χ0) is 17.1. The van der Waals surface area contributed by atoms with E-state index in [9.17, 15) is 9.59 Å². The number of aromatic nitrogens is 2. The largest absolute Gasteiger partial charge is 0.345 e. The van der Waals surface area contributed by atoms with Crippen molar-refractivity contribution in [2.24, 2.45) is 0 Å². The van der Waals surface area contributed by atoms with Crippen LogP contribution in [0, 0.1) is 13.8 Å². The third kappa shape index (κ3) is 3.60. The molecule has 24 heavy (non-hydrogen) atoms. The second-order valence-electron chi connectivity index (χ2n) is 5.55. The lowest BCUT2D eigenvalue weighted by Crippen LogP contribution is -2.29. The van der Waals surface area contributed by atoms with Gasteiger partial charge in [0.25, 0.3) is 11.5 Å². The smallest absolute Gasteiger partial charge is 0.261 e. The molecule has 3 aromatic rings. The van der Waals surface area contributed by atoms with Crippen LogP contribution in [0.2, 0.25) is 0 Å². The lowest BCUT2D eigenvalue weighted by atomic mass is 10.1. The first-order chi connectivity index (χ1) is 11.5. The van der Waals surface area contributed by atoms with Crippen LogP contribution in [-0.4, -0.2) is 15.9 Å². The molecule has 0 fully saturated rings. The van der Waals surface area contributed by atoms with Gasteiger partial charge in [-0.2, -0.15) is 0 Å². The summed E-state index contributed by atoms with van der Waals surface area (Å²) >= 11 is 1.48. The van der Waals surface area contributed by atoms with E-state index in [1.54, 1.807) is 12.1 Å². The molecule has 0 saturated carbocycles. The van der Waals surface area contributed by atoms with Crippen molar-refractivity contribution in [2.75, 3.05) is 0 Å². The Hall–Kier alpha value is -2.73. The van der Waals surface area contributed by atoms with Crippen LogP contribution in [-0.2, 0) is 6.54 Å². The zero-order valence-corrected chi connectivity index (χ0v) is 14.2. The van der Waals surface area contributed by atoms with Crippen molar-refractivity contribution in [1.82, 2.24) is 15.3 Å². The van der Waals surface area contributed by atoms with Gasteiger partial charge in [0.1, 0.15) is 10.6 Å². The molecular formula is C18H17N3O2S. The van der Waals surface area contributed by atoms with E-state index in [0.717, 1.165) is 21.8 Å². The first-order valence-electron chi connectivity index (χ1n) is 7.52. The molecule has 122 valence electrons. The summed E-state index contributed by atoms with van der Waals surface area (Å²) in [4.78, 5) is 31.5. The van der Waals surface area contributed by atoms with E-state index in [-0.39, 0.29) is 5.56 Å². The van der Waals surface area contributed by atoms with Gasteiger partial charge in [-0.1, -0.05) is 23.8 Å². The number of hydrogen-bond acceptors (Lipinski definition) is 4. The summed E-state index contributed by atoms with van der Waals surface area (Å²) in [6.45, 7) is 4.21. The summed E-state index contributed by atoms with van der Waals surface area (Å²) in [5.41, 5.74) is 3.33. The molecule has 1 amide bonds. The van der Waals surface area contributed by atoms with E-state index >= 15 is 0 Å². The average molecular weight is 339 g/mol. The Balaban J connectivity index is 1.77. The van der Waals surface area contributed by atoms with Crippen molar-refractivity contribution in [3.8, 4) is 11.3 Å². The van der Waals surface area contributed by atoms with Crippen molar-refractivity contribution in [3.63, 3.8) is 0 Å². The fraction of sp³-hybridized carbons (Fsp3) is 0.167. The van der Waals surface area contributed by atoms with Crippen LogP contribution in [0.1, 0.15) is 26.6 Å². The van der Waals surface area contributed by atoms with Crippen LogP contribution >= 0.6 is 11.3 Å². The molecule has 0 aliphatic heterocycles. The number of nitrogens with zero attached hydrogens (tertiary/aromatic N) is 1. The fourth-order valence-electron chi connectivity index (χ4n) is 2.37. The molecule has 3 rings (SSSR count). The number of benzene rings is 1. The Kier molecular flexibility index (Phi) is 4.57. The van der Waals surface area contributed by atoms with Gasteiger partial charge >= 0.3 is 0 Å². The van der Waals surface area contributed by atoms with Gasteiger partial charge in [0.2, 0.25) is 0 Å². The molecule has 5 nitrogen and oxygen atoms in total. The number of H-pyrrole nitrogens is 1. The number of carbonyl (C=O) groups is 1. The summed E-state index contributed by atoms with van der Waals surface area (Å²) in [6.07, 6.45) is 0. The van der Waals surface area contributed by atoms with Gasteiger partial charge in [0.05, 0.1) is 6.54 Å². The van der Waals surface area contributed by atoms with Gasteiger partial charge in [-0.3, -0.25) is 9.59 Å². The van der Waals surface area contributed by atoms with Crippen molar-refractivity contribution < 1.29 is 4.79 Å². The van der Waals surface area contributed by atoms with E-state index in [0.29, 0.717) is 12.2 Å². The molecule has 0 aliphatic rings. The topological polar surface area (TPSA) is 74.8 Å². The molecule has 2 N–H and O–H groups in total. The molecule has 0 saturated heterocycles. The van der Waals surface area contributed by atoms with E-state index in [1.165, 1.54) is 11.3 Å². The number of nitrogens with one attached hydrogen (secondary N) is 2. The fourth-order valence-corrected chi connectivity index (χ4v) is 3.08. The van der Waals surface area contributed by atoms with Crippen molar-refractivity contribution in [1.29, 1.82) is 0 Å². The summed E-state index contributed by atoms with van der Waals surface area (Å²) in [5.74, 6) is -0.403. The lowest BCUT2D eigenvalue weighted by Gasteiger charge is -2.06. The first-order valence-corrected chi connectivity index (χ1v) is 8.40. The predicted octanol–water partition coefficient (Wildman–Crippen LogP) is 3.05. The van der Waals surface area contributed by atoms with Gasteiger partial charge in [-0.25, -0.2) is 4.98 Å². The number of pyridine rings is 1. The number of rotatable bonds is 4. The third-order valence-electron chi connectivity index (χ3n) is 3.55. The Bertz CT molecular complexity index is 943. The Labute approximate surface area is 143 Å². The van der Waals surface area contributed by atoms with Gasteiger partial charge < -0.3 is 10.3 Å². The van der Waals surface area contributed by atoms with Crippen LogP contribution in [0.3, 0.4) is 0 Å². The first kappa shape index (κ1) is 16.1. The highest BCUT2D eigenvalue weighted by Crippen LogP contribution is 2.17. The Morgan fingerprint density at radius 1 is 1.25 bits per heavy atom. The molecule has 0 atom stereocenters. The highest BCUT2D eigenvalue weighted by atomic mass is 32.1. The highest BCUT2D eigenvalue weighted by Gasteiger charge is 2.12. The number of thiazole rings is 1. The van der Waals surface area contributed by atoms with Crippen LogP contribution in [0.25, 0.3) is 11.3 Å². The Morgan fingerprint density at radius 3 is 2.75 bits per heavy atom. The molecule has 0 radical (unpaired) electrons. The van der Waals surface area contributed by atoms with E-state index in [4.69, 9.17) is 0 Å². The van der Waals surface area contributed by atoms with Crippen molar-refractivity contribution in [3.05, 3.63) is 74.0 Å². The quantitative estimate of drug-likeness (QED) is 0.767. The second-order valence-corrected chi connectivity index (χ2v) is 6.49. The van der Waals surface area contributed by atoms with Gasteiger partial charge in [-0.05, 0) is 37.6 Å². The van der Waals surface area contributed by atoms with Crippen LogP contribution < -0.4 is 10.9 Å². The number of carbonyl (C=O) groups excluding carboxylic acids is 1. The predicted molar refractivity (Wildman–Crippen MR) is 95.3 cm³/mol. The number of aryl methyl sites for hydroxylation is 2. The minimum Gasteiger partial charge on any atom is -0.345 e. The maximum atomic E-state index is 12.2. The van der Waals surface area contributed by atoms with Gasteiger partial charge in [-0.15, -0.1) is 11.3 Å². The second kappa shape index (κ2) is 6.80. The number of aromatic amines is 1. The zero-order valence-electron chi connectivity index (χ0n) is 13.4. The minimum absolute atomic E-state index is 0.0969. The normalized spacial score (nSPS) is 10.6. The number of amides is 1. The molecular weight excluding hydrogens is 322 g/mol. The molecule has 0 aliphatic carbocycles. The van der Waals surface area contributed by atoms with Gasteiger partial charge in [0.15, 0.2) is 0 Å². The molecule has 0 bridgehead atoms. The average Bonchev–Trinajstić information content (AvgIpc) is 2.98. The monoisotopic (exact) mass is 339 g/mol. The lowest BCUT2D eigenvalue weighted by molar-refractivity contribution is 0.0949. The van der Waals surface area contributed by atoms with Crippen molar-refractivity contribution in [2.45, 2.75) is 20.4 Å². The maximum Gasteiger partial charge on any atom is 0.261 e. The standard InChI is InChI=1S/C18H17N3O2S/c1-11-4-3-5-13(8-11)15-7-6-14(18(23)21-15)17(22)19-9-16-20-12(2)10-24-16/h3-8,10H,9H2,1-2H3,(H,19,22)(H,21,23). The van der Waals surface area contributed by atoms with Crippen LogP contribution in [0.15, 0.2) is 46.6 Å². The maximum absolute atomic E-state index is 12.2. The van der Waals surface area contributed by atoms with E-state index < -0.39 is 11.5 Å². The number of hydrogen-bond donors (Lipinski definition) is 2. The van der Waals surface area contributed by atoms with Crippen LogP contribution in [0.4, 0.5) is 0 Å². The van der Waals surface area contributed by atoms with E-state index in [1.807, 2.05) is 43.5 Å². The molecule has 0 unspecified atom stereocenters. The minimum atomic E-state index is -0.403. The highest BCUT2D eigenvalue weighted by molar-refractivity contribution is 7.09. The Morgan fingerprint density at radius 2 is 2.08 bits per heavy atom. The molecule has 2 aromatic heterocycles. The summed E-state index contributed by atoms with van der Waals surface area (Å²) < 4.78 is 0. The summed E-state index contributed by atoms with van der Waals surface area (Å²) in [6, 6.07) is 11.1. The molecule has 1 aromatic carbocycles. The van der Waals surface area contributed by atoms with Crippen molar-refractivity contribution >= 4 is 17.2 Å². The molecule has 2 heterocycles. The summed E-state index contributed by atoms with van der Waals surface area (Å²) in [5, 5.41) is 5.46. The third-order valence-corrected chi connectivity index (χ3v) is 4.52.